The summed E-state index contributed by atoms with van der Waals surface area (Å²) in [4.78, 5) is 12.6. The van der Waals surface area contributed by atoms with Crippen LogP contribution in [0.5, 0.6) is 0 Å². The molecule has 0 bridgehead atoms. The van der Waals surface area contributed by atoms with E-state index >= 15 is 0 Å². The largest absolute Gasteiger partial charge is 0.296 e. The van der Waals surface area contributed by atoms with Gasteiger partial charge in [0, 0.05) is 6.42 Å². The van der Waals surface area contributed by atoms with Gasteiger partial charge in [-0.05, 0) is 18.4 Å². The van der Waals surface area contributed by atoms with Crippen LogP contribution in [-0.2, 0) is 13.0 Å². The second kappa shape index (κ2) is 7.97. The second-order valence-electron chi connectivity index (χ2n) is 6.45. The molecule has 2 heterocycles. The van der Waals surface area contributed by atoms with Crippen molar-refractivity contribution in [1.29, 1.82) is 0 Å². The van der Waals surface area contributed by atoms with E-state index in [9.17, 15) is 4.79 Å². The second-order valence-corrected chi connectivity index (χ2v) is 7.87. The molecule has 26 heavy (non-hydrogen) atoms. The van der Waals surface area contributed by atoms with Gasteiger partial charge < -0.3 is 0 Å². The van der Waals surface area contributed by atoms with Crippen molar-refractivity contribution >= 4 is 34.0 Å². The van der Waals surface area contributed by atoms with E-state index in [1.54, 1.807) is 11.6 Å². The van der Waals surface area contributed by atoms with Gasteiger partial charge >= 0.3 is 0 Å². The molecule has 3 rings (SSSR count). The highest BCUT2D eigenvalue weighted by Gasteiger charge is 2.21. The molecule has 0 saturated carbocycles. The van der Waals surface area contributed by atoms with Gasteiger partial charge in [-0.25, -0.2) is 4.68 Å². The fourth-order valence-corrected chi connectivity index (χ4v) is 3.83. The molecule has 3 aromatic rings. The van der Waals surface area contributed by atoms with Crippen LogP contribution in [0, 0.1) is 12.8 Å². The van der Waals surface area contributed by atoms with Gasteiger partial charge in [0.2, 0.25) is 5.13 Å². The Morgan fingerprint density at radius 3 is 2.69 bits per heavy atom. The highest BCUT2D eigenvalue weighted by Crippen LogP contribution is 2.24. The number of hydrogen-bond donors (Lipinski definition) is 1. The zero-order valence-electron chi connectivity index (χ0n) is 14.9. The van der Waals surface area contributed by atoms with Crippen molar-refractivity contribution in [3.05, 3.63) is 57.3 Å². The molecule has 6 nitrogen and oxygen atoms in total. The smallest absolute Gasteiger partial charge is 0.262 e. The van der Waals surface area contributed by atoms with E-state index < -0.39 is 0 Å². The lowest BCUT2D eigenvalue weighted by atomic mass is 10.1. The van der Waals surface area contributed by atoms with Crippen LogP contribution in [0.2, 0.25) is 5.15 Å². The molecule has 136 valence electrons. The van der Waals surface area contributed by atoms with Crippen molar-refractivity contribution in [3.8, 4) is 0 Å². The summed E-state index contributed by atoms with van der Waals surface area (Å²) in [5.74, 6) is 0.165. The van der Waals surface area contributed by atoms with Crippen LogP contribution in [0.15, 0.2) is 30.3 Å². The van der Waals surface area contributed by atoms with Gasteiger partial charge in [0.1, 0.15) is 10.2 Å². The molecule has 2 aromatic heterocycles. The third kappa shape index (κ3) is 4.28. The van der Waals surface area contributed by atoms with Crippen LogP contribution in [0.1, 0.15) is 40.5 Å². The maximum absolute atomic E-state index is 12.6. The molecule has 0 aliphatic heterocycles. The van der Waals surface area contributed by atoms with E-state index in [-0.39, 0.29) is 5.91 Å². The van der Waals surface area contributed by atoms with Gasteiger partial charge in [-0.2, -0.15) is 5.10 Å². The average molecular weight is 390 g/mol. The minimum absolute atomic E-state index is 0.316. The van der Waals surface area contributed by atoms with Crippen LogP contribution in [0.25, 0.3) is 0 Å². The third-order valence-corrected chi connectivity index (χ3v) is 4.98. The molecule has 0 aliphatic carbocycles. The van der Waals surface area contributed by atoms with Crippen LogP contribution >= 0.6 is 22.9 Å². The van der Waals surface area contributed by atoms with E-state index in [4.69, 9.17) is 11.6 Å². The summed E-state index contributed by atoms with van der Waals surface area (Å²) in [6.45, 7) is 6.51. The highest BCUT2D eigenvalue weighted by atomic mass is 35.5. The molecule has 0 aliphatic rings. The van der Waals surface area contributed by atoms with Crippen LogP contribution in [0.3, 0.4) is 0 Å². The topological polar surface area (TPSA) is 72.7 Å². The lowest BCUT2D eigenvalue weighted by molar-refractivity contribution is 0.102. The Bertz CT molecular complexity index is 904. The molecule has 1 aromatic carbocycles. The first kappa shape index (κ1) is 18.5. The van der Waals surface area contributed by atoms with E-state index in [2.05, 4.69) is 34.5 Å². The predicted octanol–water partition coefficient (Wildman–Crippen LogP) is 4.20. The van der Waals surface area contributed by atoms with E-state index in [0.29, 0.717) is 34.0 Å². The molecular weight excluding hydrogens is 370 g/mol. The Balaban J connectivity index is 1.76. The van der Waals surface area contributed by atoms with E-state index in [0.717, 1.165) is 17.0 Å². The first-order valence-corrected chi connectivity index (χ1v) is 9.54. The number of anilines is 1. The van der Waals surface area contributed by atoms with Gasteiger partial charge in [-0.1, -0.05) is 67.1 Å². The number of benzene rings is 1. The number of aromatic nitrogens is 4. The quantitative estimate of drug-likeness (QED) is 0.685. The molecular formula is C18H20ClN5OS. The molecule has 0 fully saturated rings. The fourth-order valence-electron chi connectivity index (χ4n) is 2.57. The first-order valence-electron chi connectivity index (χ1n) is 8.34. The number of halogens is 1. The van der Waals surface area contributed by atoms with Gasteiger partial charge in [0.15, 0.2) is 0 Å². The van der Waals surface area contributed by atoms with Gasteiger partial charge in [0.25, 0.3) is 5.91 Å². The fraction of sp³-hybridized carbons (Fsp3) is 0.333. The number of aryl methyl sites for hydroxylation is 1. The first-order chi connectivity index (χ1) is 12.4. The predicted molar refractivity (Wildman–Crippen MR) is 104 cm³/mol. The Kier molecular flexibility index (Phi) is 5.68. The van der Waals surface area contributed by atoms with Gasteiger partial charge in [-0.3, -0.25) is 10.1 Å². The number of carbonyl (C=O) groups excluding carboxylic acids is 1. The van der Waals surface area contributed by atoms with Crippen molar-refractivity contribution < 1.29 is 4.79 Å². The van der Waals surface area contributed by atoms with Crippen molar-refractivity contribution in [3.63, 3.8) is 0 Å². The molecule has 0 saturated heterocycles. The monoisotopic (exact) mass is 389 g/mol. The summed E-state index contributed by atoms with van der Waals surface area (Å²) >= 11 is 7.80. The standard InChI is InChI=1S/C18H20ClN5OS/c1-11(2)9-14-21-22-18(26-14)20-17(25)15-12(3)23-24(16(15)19)10-13-7-5-4-6-8-13/h4-8,11H,9-10H2,1-3H3,(H,20,22,25). The molecule has 1 amide bonds. The number of amides is 1. The lowest BCUT2D eigenvalue weighted by Gasteiger charge is -2.04. The van der Waals surface area contributed by atoms with Gasteiger partial charge in [0.05, 0.1) is 17.8 Å². The summed E-state index contributed by atoms with van der Waals surface area (Å²) < 4.78 is 1.63. The minimum Gasteiger partial charge on any atom is -0.296 e. The van der Waals surface area contributed by atoms with Crippen molar-refractivity contribution in [2.24, 2.45) is 5.92 Å². The lowest BCUT2D eigenvalue weighted by Crippen LogP contribution is -2.13. The summed E-state index contributed by atoms with van der Waals surface area (Å²) in [5, 5.41) is 17.0. The Morgan fingerprint density at radius 1 is 1.27 bits per heavy atom. The number of hydrogen-bond acceptors (Lipinski definition) is 5. The SMILES string of the molecule is Cc1nn(Cc2ccccc2)c(Cl)c1C(=O)Nc1nnc(CC(C)C)s1. The Morgan fingerprint density at radius 2 is 2.00 bits per heavy atom. The van der Waals surface area contributed by atoms with Crippen molar-refractivity contribution in [2.75, 3.05) is 5.32 Å². The normalized spacial score (nSPS) is 11.1. The molecule has 0 atom stereocenters. The van der Waals surface area contributed by atoms with Crippen LogP contribution in [0.4, 0.5) is 5.13 Å². The molecule has 0 unspecified atom stereocenters. The zero-order valence-corrected chi connectivity index (χ0v) is 16.4. The average Bonchev–Trinajstić information content (AvgIpc) is 3.12. The third-order valence-electron chi connectivity index (χ3n) is 3.74. The number of carbonyl (C=O) groups is 1. The van der Waals surface area contributed by atoms with E-state index in [1.165, 1.54) is 11.3 Å². The maximum Gasteiger partial charge on any atom is 0.262 e. The Hall–Kier alpha value is -2.25. The summed E-state index contributed by atoms with van der Waals surface area (Å²) in [7, 11) is 0. The van der Waals surface area contributed by atoms with Crippen molar-refractivity contribution in [2.45, 2.75) is 33.7 Å². The highest BCUT2D eigenvalue weighted by molar-refractivity contribution is 7.15. The number of nitrogens with one attached hydrogen (secondary N) is 1. The van der Waals surface area contributed by atoms with Crippen LogP contribution in [-0.4, -0.2) is 25.9 Å². The summed E-state index contributed by atoms with van der Waals surface area (Å²) in [6, 6.07) is 9.85. The molecule has 8 heteroatoms. The summed E-state index contributed by atoms with van der Waals surface area (Å²) in [5.41, 5.74) is 2.00. The minimum atomic E-state index is -0.320. The molecule has 0 spiro atoms. The summed E-state index contributed by atoms with van der Waals surface area (Å²) in [6.07, 6.45) is 0.836. The molecule has 0 radical (unpaired) electrons. The number of nitrogens with zero attached hydrogens (tertiary/aromatic N) is 4. The Labute approximate surface area is 161 Å². The van der Waals surface area contributed by atoms with Gasteiger partial charge in [-0.15, -0.1) is 10.2 Å². The number of rotatable bonds is 6. The molecule has 1 N–H and O–H groups in total. The van der Waals surface area contributed by atoms with E-state index in [1.807, 2.05) is 30.3 Å². The maximum atomic E-state index is 12.6. The zero-order chi connectivity index (χ0) is 18.7. The van der Waals surface area contributed by atoms with Crippen LogP contribution < -0.4 is 5.32 Å². The van der Waals surface area contributed by atoms with Crippen molar-refractivity contribution in [1.82, 2.24) is 20.0 Å².